The van der Waals surface area contributed by atoms with Crippen molar-refractivity contribution in [1.29, 1.82) is 0 Å². The van der Waals surface area contributed by atoms with E-state index in [1.54, 1.807) is 0 Å². The number of hydrogen-bond donors (Lipinski definition) is 0. The van der Waals surface area contributed by atoms with E-state index >= 15 is 0 Å². The van der Waals surface area contributed by atoms with Crippen molar-refractivity contribution in [2.45, 2.75) is 78.1 Å². The van der Waals surface area contributed by atoms with Gasteiger partial charge in [-0.25, -0.2) is 0 Å². The molecular weight excluding hydrogens is 312 g/mol. The Morgan fingerprint density at radius 2 is 1.42 bits per heavy atom. The second kappa shape index (κ2) is 6.72. The molecule has 0 fully saturated rings. The van der Waals surface area contributed by atoms with E-state index in [9.17, 15) is 0 Å². The van der Waals surface area contributed by atoms with Gasteiger partial charge in [-0.3, -0.25) is 0 Å². The van der Waals surface area contributed by atoms with Crippen molar-refractivity contribution in [2.75, 3.05) is 0 Å². The highest BCUT2D eigenvalue weighted by atomic mass is 14.4. The van der Waals surface area contributed by atoms with E-state index in [-0.39, 0.29) is 10.8 Å². The highest BCUT2D eigenvalue weighted by Gasteiger charge is 2.36. The van der Waals surface area contributed by atoms with E-state index in [0.717, 1.165) is 0 Å². The summed E-state index contributed by atoms with van der Waals surface area (Å²) in [5.74, 6) is 0.584. The molecule has 138 valence electrons. The molecule has 0 heterocycles. The van der Waals surface area contributed by atoms with Gasteiger partial charge in [0, 0.05) is 0 Å². The molecule has 0 nitrogen and oxygen atoms in total. The molecule has 1 aliphatic carbocycles. The maximum atomic E-state index is 2.45. The SMILES string of the molecule is C/C(=C\c1ccc(C(C)C)cc1)c1ccc2c(c1)C(C)(C)CCC2(C)C. The third kappa shape index (κ3) is 3.65. The van der Waals surface area contributed by atoms with Gasteiger partial charge < -0.3 is 0 Å². The second-order valence-corrected chi connectivity index (χ2v) is 9.68. The molecule has 0 unspecified atom stereocenters. The number of rotatable bonds is 3. The summed E-state index contributed by atoms with van der Waals surface area (Å²) in [4.78, 5) is 0. The van der Waals surface area contributed by atoms with Crippen molar-refractivity contribution in [2.24, 2.45) is 0 Å². The maximum Gasteiger partial charge on any atom is -0.0100 e. The van der Waals surface area contributed by atoms with E-state index in [2.05, 4.69) is 97.0 Å². The monoisotopic (exact) mass is 346 g/mol. The zero-order chi connectivity index (χ0) is 19.1. The first-order valence-corrected chi connectivity index (χ1v) is 10.0. The smallest absolute Gasteiger partial charge is 0.0100 e. The largest absolute Gasteiger partial charge is 0.0587 e. The lowest BCUT2D eigenvalue weighted by Gasteiger charge is -2.42. The second-order valence-electron chi connectivity index (χ2n) is 9.68. The van der Waals surface area contributed by atoms with Crippen LogP contribution in [0.5, 0.6) is 0 Å². The van der Waals surface area contributed by atoms with Crippen LogP contribution in [-0.2, 0) is 10.8 Å². The Kier molecular flexibility index (Phi) is 4.90. The van der Waals surface area contributed by atoms with Crippen molar-refractivity contribution in [3.63, 3.8) is 0 Å². The Bertz CT molecular complexity index is 814. The Balaban J connectivity index is 1.97. The first-order chi connectivity index (χ1) is 12.1. The van der Waals surface area contributed by atoms with Gasteiger partial charge in [-0.05, 0) is 69.9 Å². The summed E-state index contributed by atoms with van der Waals surface area (Å²) < 4.78 is 0. The molecule has 2 aromatic rings. The molecule has 26 heavy (non-hydrogen) atoms. The van der Waals surface area contributed by atoms with Crippen LogP contribution in [0.3, 0.4) is 0 Å². The minimum atomic E-state index is 0.264. The van der Waals surface area contributed by atoms with Crippen LogP contribution in [0.1, 0.15) is 95.0 Å². The van der Waals surface area contributed by atoms with Crippen LogP contribution in [0.15, 0.2) is 42.5 Å². The molecule has 0 radical (unpaired) electrons. The molecule has 0 aliphatic heterocycles. The van der Waals surface area contributed by atoms with Crippen molar-refractivity contribution < 1.29 is 0 Å². The molecule has 0 N–H and O–H groups in total. The van der Waals surface area contributed by atoms with Crippen molar-refractivity contribution >= 4 is 11.6 Å². The van der Waals surface area contributed by atoms with Gasteiger partial charge in [0.1, 0.15) is 0 Å². The Hall–Kier alpha value is -1.82. The highest BCUT2D eigenvalue weighted by Crippen LogP contribution is 2.46. The van der Waals surface area contributed by atoms with Crippen LogP contribution in [0, 0.1) is 0 Å². The van der Waals surface area contributed by atoms with Crippen LogP contribution < -0.4 is 0 Å². The van der Waals surface area contributed by atoms with Crippen LogP contribution in [0.25, 0.3) is 11.6 Å². The molecular formula is C26H34. The summed E-state index contributed by atoms with van der Waals surface area (Å²) >= 11 is 0. The Morgan fingerprint density at radius 1 is 0.846 bits per heavy atom. The van der Waals surface area contributed by atoms with Crippen LogP contribution in [0.4, 0.5) is 0 Å². The molecule has 1 aliphatic rings. The third-order valence-corrected chi connectivity index (χ3v) is 6.29. The van der Waals surface area contributed by atoms with E-state index in [0.29, 0.717) is 5.92 Å². The van der Waals surface area contributed by atoms with Crippen LogP contribution >= 0.6 is 0 Å². The Labute approximate surface area is 160 Å². The number of fused-ring (bicyclic) bond motifs is 1. The van der Waals surface area contributed by atoms with Gasteiger partial charge in [0.25, 0.3) is 0 Å². The molecule has 0 saturated heterocycles. The summed E-state index contributed by atoms with van der Waals surface area (Å²) in [6.45, 7) is 16.3. The molecule has 2 aromatic carbocycles. The fraction of sp³-hybridized carbons (Fsp3) is 0.462. The van der Waals surface area contributed by atoms with Gasteiger partial charge >= 0.3 is 0 Å². The average Bonchev–Trinajstić information content (AvgIpc) is 2.59. The summed E-state index contributed by atoms with van der Waals surface area (Å²) in [7, 11) is 0. The first-order valence-electron chi connectivity index (χ1n) is 10.0. The van der Waals surface area contributed by atoms with Gasteiger partial charge in [0.2, 0.25) is 0 Å². The fourth-order valence-electron chi connectivity index (χ4n) is 4.14. The molecule has 0 amide bonds. The zero-order valence-electron chi connectivity index (χ0n) is 17.6. The van der Waals surface area contributed by atoms with Gasteiger partial charge in [-0.1, -0.05) is 90.1 Å². The fourth-order valence-corrected chi connectivity index (χ4v) is 4.14. The van der Waals surface area contributed by atoms with Crippen molar-refractivity contribution in [1.82, 2.24) is 0 Å². The summed E-state index contributed by atoms with van der Waals surface area (Å²) in [6.07, 6.45) is 4.84. The van der Waals surface area contributed by atoms with Gasteiger partial charge in [0.05, 0.1) is 0 Å². The average molecular weight is 347 g/mol. The molecule has 0 atom stereocenters. The highest BCUT2D eigenvalue weighted by molar-refractivity contribution is 5.80. The van der Waals surface area contributed by atoms with E-state index in [1.165, 1.54) is 46.2 Å². The predicted octanol–water partition coefficient (Wildman–Crippen LogP) is 7.72. The van der Waals surface area contributed by atoms with E-state index in [4.69, 9.17) is 0 Å². The lowest BCUT2D eigenvalue weighted by Crippen LogP contribution is -2.33. The Morgan fingerprint density at radius 3 is 2.00 bits per heavy atom. The van der Waals surface area contributed by atoms with Gasteiger partial charge in [0.15, 0.2) is 0 Å². The molecule has 3 rings (SSSR count). The standard InChI is InChI=1S/C26H34/c1-18(2)21-10-8-20(9-11-21)16-19(3)22-12-13-23-24(17-22)26(6,7)15-14-25(23,4)5/h8-13,16-18H,14-15H2,1-7H3/b19-16+. The number of allylic oxidation sites excluding steroid dienone is 1. The molecule has 0 aromatic heterocycles. The normalized spacial score (nSPS) is 18.7. The number of benzene rings is 2. The lowest BCUT2D eigenvalue weighted by atomic mass is 9.63. The summed E-state index contributed by atoms with van der Waals surface area (Å²) in [5, 5.41) is 0. The molecule has 0 bridgehead atoms. The maximum absolute atomic E-state index is 2.45. The first kappa shape index (κ1) is 19.0. The minimum absolute atomic E-state index is 0.264. The van der Waals surface area contributed by atoms with Crippen molar-refractivity contribution in [3.8, 4) is 0 Å². The minimum Gasteiger partial charge on any atom is -0.0587 e. The van der Waals surface area contributed by atoms with Crippen LogP contribution in [-0.4, -0.2) is 0 Å². The number of hydrogen-bond acceptors (Lipinski definition) is 0. The van der Waals surface area contributed by atoms with Gasteiger partial charge in [-0.15, -0.1) is 0 Å². The quantitative estimate of drug-likeness (QED) is 0.499. The topological polar surface area (TPSA) is 0 Å². The van der Waals surface area contributed by atoms with Gasteiger partial charge in [-0.2, -0.15) is 0 Å². The molecule has 0 spiro atoms. The third-order valence-electron chi connectivity index (χ3n) is 6.29. The van der Waals surface area contributed by atoms with E-state index in [1.807, 2.05) is 0 Å². The van der Waals surface area contributed by atoms with E-state index < -0.39 is 0 Å². The van der Waals surface area contributed by atoms with Crippen molar-refractivity contribution in [3.05, 3.63) is 70.3 Å². The molecule has 0 heteroatoms. The lowest BCUT2D eigenvalue weighted by molar-refractivity contribution is 0.332. The predicted molar refractivity (Wildman–Crippen MR) is 116 cm³/mol. The molecule has 0 saturated carbocycles. The summed E-state index contributed by atoms with van der Waals surface area (Å²) in [6, 6.07) is 16.1. The summed E-state index contributed by atoms with van der Waals surface area (Å²) in [5.41, 5.74) is 8.99. The van der Waals surface area contributed by atoms with Crippen LogP contribution in [0.2, 0.25) is 0 Å². The zero-order valence-corrected chi connectivity index (χ0v) is 17.6.